The molecule has 1 N–H and O–H groups in total. The van der Waals surface area contributed by atoms with E-state index in [2.05, 4.69) is 10.5 Å². The zero-order chi connectivity index (χ0) is 17.5. The second-order valence-corrected chi connectivity index (χ2v) is 5.59. The molecular weight excluding hydrogens is 340 g/mol. The maximum absolute atomic E-state index is 12.0. The van der Waals surface area contributed by atoms with E-state index in [4.69, 9.17) is 20.8 Å². The van der Waals surface area contributed by atoms with Crippen molar-refractivity contribution in [3.8, 4) is 5.75 Å². The number of benzene rings is 2. The number of ether oxygens (including phenoxy) is 1. The number of nitrogens with one attached hydrogen (secondary N) is 1. The van der Waals surface area contributed by atoms with Gasteiger partial charge in [0.05, 0.1) is 12.5 Å². The van der Waals surface area contributed by atoms with Crippen molar-refractivity contribution in [3.63, 3.8) is 0 Å². The Hall–Kier alpha value is -3.05. The molecule has 0 spiro atoms. The summed E-state index contributed by atoms with van der Waals surface area (Å²) in [7, 11) is 0. The van der Waals surface area contributed by atoms with Crippen molar-refractivity contribution < 1.29 is 13.9 Å². The summed E-state index contributed by atoms with van der Waals surface area (Å²) in [6, 6.07) is 17.8. The monoisotopic (exact) mass is 354 g/mol. The third kappa shape index (κ3) is 4.96. The number of hydrazone groups is 1. The number of halogens is 1. The molecule has 0 radical (unpaired) electrons. The first-order valence-corrected chi connectivity index (χ1v) is 7.93. The van der Waals surface area contributed by atoms with E-state index in [9.17, 15) is 4.79 Å². The summed E-state index contributed by atoms with van der Waals surface area (Å²) in [4.78, 5) is 12.0. The number of nitrogens with zero attached hydrogens (tertiary/aromatic N) is 1. The molecule has 2 aromatic carbocycles. The number of furan rings is 1. The Morgan fingerprint density at radius 2 is 1.88 bits per heavy atom. The molecule has 0 saturated carbocycles. The van der Waals surface area contributed by atoms with Crippen LogP contribution in [0.5, 0.6) is 5.75 Å². The lowest BCUT2D eigenvalue weighted by Gasteiger charge is -2.07. The fourth-order valence-corrected chi connectivity index (χ4v) is 2.16. The molecule has 1 aromatic heterocycles. The van der Waals surface area contributed by atoms with Crippen LogP contribution in [0.4, 0.5) is 0 Å². The van der Waals surface area contributed by atoms with E-state index in [1.165, 1.54) is 12.5 Å². The van der Waals surface area contributed by atoms with E-state index >= 15 is 0 Å². The zero-order valence-electron chi connectivity index (χ0n) is 13.2. The molecule has 0 aliphatic rings. The summed E-state index contributed by atoms with van der Waals surface area (Å²) in [6.07, 6.45) is 2.97. The molecule has 0 saturated heterocycles. The number of hydrogen-bond donors (Lipinski definition) is 1. The highest BCUT2D eigenvalue weighted by molar-refractivity contribution is 6.30. The molecule has 0 fully saturated rings. The average molecular weight is 355 g/mol. The van der Waals surface area contributed by atoms with E-state index in [1.807, 2.05) is 12.1 Å². The smallest absolute Gasteiger partial charge is 0.271 e. The Labute approximate surface area is 149 Å². The molecule has 0 aliphatic heterocycles. The molecule has 25 heavy (non-hydrogen) atoms. The number of carbonyl (C=O) groups excluding carboxylic acids is 1. The Morgan fingerprint density at radius 1 is 1.12 bits per heavy atom. The van der Waals surface area contributed by atoms with Gasteiger partial charge in [-0.05, 0) is 54.1 Å². The molecule has 0 bridgehead atoms. The zero-order valence-corrected chi connectivity index (χ0v) is 13.9. The van der Waals surface area contributed by atoms with Gasteiger partial charge in [0.15, 0.2) is 0 Å². The molecule has 5 nitrogen and oxygen atoms in total. The van der Waals surface area contributed by atoms with Crippen molar-refractivity contribution in [1.82, 2.24) is 5.43 Å². The summed E-state index contributed by atoms with van der Waals surface area (Å²) in [5.41, 5.74) is 3.90. The molecule has 6 heteroatoms. The van der Waals surface area contributed by atoms with Crippen LogP contribution in [0.1, 0.15) is 21.7 Å². The van der Waals surface area contributed by atoms with Gasteiger partial charge < -0.3 is 9.15 Å². The molecule has 1 amide bonds. The lowest BCUT2D eigenvalue weighted by atomic mass is 10.1. The molecule has 0 aliphatic carbocycles. The molecular formula is C19H15ClN2O3. The van der Waals surface area contributed by atoms with Crippen molar-refractivity contribution in [2.45, 2.75) is 6.61 Å². The van der Waals surface area contributed by atoms with E-state index in [-0.39, 0.29) is 5.91 Å². The van der Waals surface area contributed by atoms with Gasteiger partial charge in [0.2, 0.25) is 0 Å². The first-order valence-electron chi connectivity index (χ1n) is 7.55. The van der Waals surface area contributed by atoms with Gasteiger partial charge in [-0.2, -0.15) is 5.10 Å². The van der Waals surface area contributed by atoms with Gasteiger partial charge in [0, 0.05) is 10.6 Å². The highest BCUT2D eigenvalue weighted by Crippen LogP contribution is 2.17. The predicted octanol–water partition coefficient (Wildman–Crippen LogP) is 4.28. The minimum absolute atomic E-state index is 0.298. The highest BCUT2D eigenvalue weighted by Gasteiger charge is 2.04. The summed E-state index contributed by atoms with van der Waals surface area (Å²) in [5, 5.41) is 4.51. The normalized spacial score (nSPS) is 10.8. The summed E-state index contributed by atoms with van der Waals surface area (Å²) in [5.74, 6) is 1.00. The van der Waals surface area contributed by atoms with Crippen molar-refractivity contribution in [2.24, 2.45) is 5.10 Å². The molecule has 0 unspecified atom stereocenters. The number of hydrogen-bond acceptors (Lipinski definition) is 4. The minimum atomic E-state index is -0.298. The molecule has 3 aromatic rings. The SMILES string of the molecule is O=C(N/N=C\c1ccco1)c1ccc(COc2ccc(Cl)cc2)cc1. The molecule has 1 heterocycles. The van der Waals surface area contributed by atoms with Crippen molar-refractivity contribution in [1.29, 1.82) is 0 Å². The van der Waals surface area contributed by atoms with Gasteiger partial charge in [-0.15, -0.1) is 0 Å². The predicted molar refractivity (Wildman–Crippen MR) is 96.0 cm³/mol. The quantitative estimate of drug-likeness (QED) is 0.531. The van der Waals surface area contributed by atoms with Gasteiger partial charge in [-0.1, -0.05) is 23.7 Å². The van der Waals surface area contributed by atoms with Crippen LogP contribution < -0.4 is 10.2 Å². The van der Waals surface area contributed by atoms with Crippen LogP contribution in [0.25, 0.3) is 0 Å². The first-order chi connectivity index (χ1) is 12.2. The third-order valence-electron chi connectivity index (χ3n) is 3.34. The standard InChI is InChI=1S/C19H15ClN2O3/c20-16-7-9-17(10-8-16)25-13-14-3-5-15(6-4-14)19(23)22-21-12-18-2-1-11-24-18/h1-12H,13H2,(H,22,23)/b21-12-. The molecule has 0 atom stereocenters. The van der Waals surface area contributed by atoms with E-state index in [0.29, 0.717) is 23.0 Å². The van der Waals surface area contributed by atoms with E-state index in [0.717, 1.165) is 11.3 Å². The topological polar surface area (TPSA) is 63.8 Å². The second-order valence-electron chi connectivity index (χ2n) is 5.15. The third-order valence-corrected chi connectivity index (χ3v) is 3.59. The maximum atomic E-state index is 12.0. The van der Waals surface area contributed by atoms with Crippen LogP contribution >= 0.6 is 11.6 Å². The highest BCUT2D eigenvalue weighted by atomic mass is 35.5. The molecule has 3 rings (SSSR count). The van der Waals surface area contributed by atoms with Gasteiger partial charge >= 0.3 is 0 Å². The summed E-state index contributed by atoms with van der Waals surface area (Å²) in [6.45, 7) is 0.403. The van der Waals surface area contributed by atoms with Crippen LogP contribution in [0.2, 0.25) is 5.02 Å². The Kier molecular flexibility index (Phi) is 5.49. The first kappa shape index (κ1) is 16.8. The van der Waals surface area contributed by atoms with Crippen molar-refractivity contribution in [3.05, 3.63) is 88.8 Å². The van der Waals surface area contributed by atoms with Crippen LogP contribution in [0.15, 0.2) is 76.4 Å². The van der Waals surface area contributed by atoms with Gasteiger partial charge in [0.25, 0.3) is 5.91 Å². The van der Waals surface area contributed by atoms with Gasteiger partial charge in [-0.25, -0.2) is 5.43 Å². The van der Waals surface area contributed by atoms with Gasteiger partial charge in [0.1, 0.15) is 18.1 Å². The van der Waals surface area contributed by atoms with E-state index in [1.54, 1.807) is 48.5 Å². The van der Waals surface area contributed by atoms with Gasteiger partial charge in [-0.3, -0.25) is 4.79 Å². The Morgan fingerprint density at radius 3 is 2.56 bits per heavy atom. The lowest BCUT2D eigenvalue weighted by molar-refractivity contribution is 0.0955. The molecule has 126 valence electrons. The van der Waals surface area contributed by atoms with Crippen LogP contribution in [0.3, 0.4) is 0 Å². The largest absolute Gasteiger partial charge is 0.489 e. The summed E-state index contributed by atoms with van der Waals surface area (Å²) >= 11 is 5.83. The van der Waals surface area contributed by atoms with Crippen molar-refractivity contribution >= 4 is 23.7 Å². The summed E-state index contributed by atoms with van der Waals surface area (Å²) < 4.78 is 10.7. The van der Waals surface area contributed by atoms with Crippen LogP contribution in [0, 0.1) is 0 Å². The average Bonchev–Trinajstić information content (AvgIpc) is 3.15. The van der Waals surface area contributed by atoms with Crippen LogP contribution in [-0.4, -0.2) is 12.1 Å². The number of rotatable bonds is 6. The van der Waals surface area contributed by atoms with Crippen LogP contribution in [-0.2, 0) is 6.61 Å². The Bertz CT molecular complexity index is 841. The van der Waals surface area contributed by atoms with Crippen molar-refractivity contribution in [2.75, 3.05) is 0 Å². The number of amides is 1. The maximum Gasteiger partial charge on any atom is 0.271 e. The fraction of sp³-hybridized carbons (Fsp3) is 0.0526. The number of carbonyl (C=O) groups is 1. The Balaban J connectivity index is 1.52. The van der Waals surface area contributed by atoms with E-state index < -0.39 is 0 Å². The lowest BCUT2D eigenvalue weighted by Crippen LogP contribution is -2.17. The fourth-order valence-electron chi connectivity index (χ4n) is 2.03. The minimum Gasteiger partial charge on any atom is -0.489 e. The second kappa shape index (κ2) is 8.17.